The molecule has 7 nitrogen and oxygen atoms in total. The Hall–Kier alpha value is -1.69. The smallest absolute Gasteiger partial charge is 0.475 e. The first-order valence-electron chi connectivity index (χ1n) is 9.60. The molecule has 3 heterocycles. The van der Waals surface area contributed by atoms with Gasteiger partial charge in [0.05, 0.1) is 26.2 Å². The summed E-state index contributed by atoms with van der Waals surface area (Å²) in [7, 11) is 1.75. The molecule has 170 valence electrons. The van der Waals surface area contributed by atoms with Crippen LogP contribution in [0.4, 0.5) is 13.2 Å². The molecule has 1 aromatic rings. The van der Waals surface area contributed by atoms with Crippen molar-refractivity contribution >= 4 is 23.2 Å². The number of morpholine rings is 1. The summed E-state index contributed by atoms with van der Waals surface area (Å²) in [4.78, 5) is 27.0. The Balaban J connectivity index is 0.000000396. The number of thiophene rings is 1. The molecular weight excluding hydrogens is 425 g/mol. The summed E-state index contributed by atoms with van der Waals surface area (Å²) >= 11 is 1.66. The van der Waals surface area contributed by atoms with E-state index in [1.165, 1.54) is 0 Å². The second-order valence-electron chi connectivity index (χ2n) is 7.20. The molecule has 1 aromatic heterocycles. The van der Waals surface area contributed by atoms with Crippen molar-refractivity contribution in [3.8, 4) is 0 Å². The first kappa shape index (κ1) is 24.6. The van der Waals surface area contributed by atoms with E-state index in [4.69, 9.17) is 19.4 Å². The highest BCUT2D eigenvalue weighted by molar-refractivity contribution is 7.10. The Morgan fingerprint density at radius 3 is 2.50 bits per heavy atom. The maximum Gasteiger partial charge on any atom is 0.490 e. The predicted octanol–water partition coefficient (Wildman–Crippen LogP) is 2.26. The van der Waals surface area contributed by atoms with Crippen LogP contribution >= 0.6 is 11.3 Å². The second-order valence-corrected chi connectivity index (χ2v) is 8.23. The number of nitrogens with zero attached hydrogens (tertiary/aromatic N) is 2. The van der Waals surface area contributed by atoms with Crippen LogP contribution in [0.1, 0.15) is 17.7 Å². The Morgan fingerprint density at radius 1 is 1.30 bits per heavy atom. The standard InChI is InChI=1S/C17H26N2O3S.C2HF3O2/c1-21-10-8-19-9-11-22-14-17(19)4-6-18(7-5-17)16(20)13-15-3-2-12-23-15;3-2(4,5)1(6)7/h2-3,12H,4-11,13-14H2,1H3;(H,6,7). The Labute approximate surface area is 177 Å². The molecule has 2 fully saturated rings. The quantitative estimate of drug-likeness (QED) is 0.739. The molecular formula is C19H27F3N2O5S. The average Bonchev–Trinajstić information content (AvgIpc) is 3.21. The van der Waals surface area contributed by atoms with Crippen LogP contribution in [-0.2, 0) is 25.5 Å². The number of alkyl halides is 3. The summed E-state index contributed by atoms with van der Waals surface area (Å²) in [5, 5.41) is 9.15. The monoisotopic (exact) mass is 452 g/mol. The van der Waals surface area contributed by atoms with Crippen LogP contribution in [0, 0.1) is 0 Å². The first-order valence-corrected chi connectivity index (χ1v) is 10.5. The van der Waals surface area contributed by atoms with Gasteiger partial charge in [-0.1, -0.05) is 6.07 Å². The number of piperidine rings is 1. The second kappa shape index (κ2) is 11.1. The van der Waals surface area contributed by atoms with Crippen molar-refractivity contribution in [2.75, 3.05) is 53.1 Å². The van der Waals surface area contributed by atoms with Crippen LogP contribution in [0.25, 0.3) is 0 Å². The average molecular weight is 452 g/mol. The van der Waals surface area contributed by atoms with Crippen LogP contribution in [0.2, 0.25) is 0 Å². The zero-order valence-electron chi connectivity index (χ0n) is 16.8. The number of carboxylic acid groups (broad SMARTS) is 1. The lowest BCUT2D eigenvalue weighted by Crippen LogP contribution is -2.62. The number of carbonyl (C=O) groups is 2. The van der Waals surface area contributed by atoms with Gasteiger partial charge in [-0.25, -0.2) is 4.79 Å². The third-order valence-corrected chi connectivity index (χ3v) is 6.18. The Bertz CT molecular complexity index is 676. The summed E-state index contributed by atoms with van der Waals surface area (Å²) in [6.45, 7) is 5.91. The molecule has 1 spiro atoms. The third kappa shape index (κ3) is 6.93. The van der Waals surface area contributed by atoms with E-state index < -0.39 is 12.1 Å². The van der Waals surface area contributed by atoms with Crippen molar-refractivity contribution in [3.05, 3.63) is 22.4 Å². The van der Waals surface area contributed by atoms with Gasteiger partial charge in [0.1, 0.15) is 0 Å². The van der Waals surface area contributed by atoms with Crippen LogP contribution in [0.3, 0.4) is 0 Å². The molecule has 0 aliphatic carbocycles. The van der Waals surface area contributed by atoms with E-state index in [9.17, 15) is 18.0 Å². The van der Waals surface area contributed by atoms with Gasteiger partial charge in [0, 0.05) is 43.7 Å². The molecule has 2 saturated heterocycles. The number of likely N-dealkylation sites (tertiary alicyclic amines) is 1. The van der Waals surface area contributed by atoms with E-state index in [1.54, 1.807) is 18.4 Å². The summed E-state index contributed by atoms with van der Waals surface area (Å²) < 4.78 is 42.8. The molecule has 0 unspecified atom stereocenters. The van der Waals surface area contributed by atoms with Gasteiger partial charge in [0.25, 0.3) is 0 Å². The number of hydrogen-bond acceptors (Lipinski definition) is 6. The fourth-order valence-electron chi connectivity index (χ4n) is 3.62. The summed E-state index contributed by atoms with van der Waals surface area (Å²) in [5.41, 5.74) is 0.0937. The van der Waals surface area contributed by atoms with Crippen LogP contribution in [0.5, 0.6) is 0 Å². The molecule has 0 bridgehead atoms. The normalized spacial score (nSPS) is 19.3. The fraction of sp³-hybridized carbons (Fsp3) is 0.684. The minimum absolute atomic E-state index is 0.0937. The molecule has 3 rings (SSSR count). The van der Waals surface area contributed by atoms with Crippen molar-refractivity contribution in [2.45, 2.75) is 31.0 Å². The van der Waals surface area contributed by atoms with Crippen LogP contribution in [0.15, 0.2) is 17.5 Å². The molecule has 1 N–H and O–H groups in total. The van der Waals surface area contributed by atoms with E-state index >= 15 is 0 Å². The summed E-state index contributed by atoms with van der Waals surface area (Å²) in [5.74, 6) is -2.50. The van der Waals surface area contributed by atoms with E-state index in [0.29, 0.717) is 6.42 Å². The SMILES string of the molecule is COCCN1CCOCC12CCN(C(=O)Cc1cccs1)CC2.O=C(O)C(F)(F)F. The van der Waals surface area contributed by atoms with Crippen molar-refractivity contribution in [2.24, 2.45) is 0 Å². The predicted molar refractivity (Wildman–Crippen MR) is 105 cm³/mol. The number of rotatable bonds is 5. The number of halogens is 3. The molecule has 0 saturated carbocycles. The zero-order chi connectivity index (χ0) is 22.2. The van der Waals surface area contributed by atoms with E-state index in [1.807, 2.05) is 22.4 Å². The maximum atomic E-state index is 12.5. The fourth-order valence-corrected chi connectivity index (χ4v) is 4.32. The summed E-state index contributed by atoms with van der Waals surface area (Å²) in [6, 6.07) is 4.04. The lowest BCUT2D eigenvalue weighted by molar-refractivity contribution is -0.192. The zero-order valence-corrected chi connectivity index (χ0v) is 17.6. The molecule has 2 aliphatic heterocycles. The molecule has 0 radical (unpaired) electrons. The van der Waals surface area contributed by atoms with E-state index in [0.717, 1.165) is 63.7 Å². The van der Waals surface area contributed by atoms with E-state index in [-0.39, 0.29) is 11.4 Å². The number of ether oxygens (including phenoxy) is 2. The van der Waals surface area contributed by atoms with Gasteiger partial charge in [-0.2, -0.15) is 13.2 Å². The largest absolute Gasteiger partial charge is 0.490 e. The van der Waals surface area contributed by atoms with Crippen molar-refractivity contribution in [1.82, 2.24) is 9.80 Å². The van der Waals surface area contributed by atoms with Crippen LogP contribution in [-0.4, -0.2) is 91.6 Å². The number of carboxylic acids is 1. The first-order chi connectivity index (χ1) is 14.2. The van der Waals surface area contributed by atoms with E-state index in [2.05, 4.69) is 4.90 Å². The minimum atomic E-state index is -5.08. The lowest BCUT2D eigenvalue weighted by Gasteiger charge is -2.51. The number of methoxy groups -OCH3 is 1. The van der Waals surface area contributed by atoms with Gasteiger partial charge >= 0.3 is 12.1 Å². The number of amides is 1. The number of aliphatic carboxylic acids is 1. The van der Waals surface area contributed by atoms with Crippen molar-refractivity contribution in [3.63, 3.8) is 0 Å². The van der Waals surface area contributed by atoms with Gasteiger partial charge in [0.2, 0.25) is 5.91 Å². The molecule has 1 amide bonds. The van der Waals surface area contributed by atoms with Gasteiger partial charge in [-0.3, -0.25) is 9.69 Å². The third-order valence-electron chi connectivity index (χ3n) is 5.31. The highest BCUT2D eigenvalue weighted by Crippen LogP contribution is 2.32. The Morgan fingerprint density at radius 2 is 1.97 bits per heavy atom. The lowest BCUT2D eigenvalue weighted by atomic mass is 9.85. The molecule has 30 heavy (non-hydrogen) atoms. The minimum Gasteiger partial charge on any atom is -0.475 e. The van der Waals surface area contributed by atoms with Gasteiger partial charge in [-0.05, 0) is 24.3 Å². The van der Waals surface area contributed by atoms with Gasteiger partial charge < -0.3 is 19.5 Å². The highest BCUT2D eigenvalue weighted by Gasteiger charge is 2.42. The molecule has 0 aromatic carbocycles. The highest BCUT2D eigenvalue weighted by atomic mass is 32.1. The number of carbonyl (C=O) groups excluding carboxylic acids is 1. The molecule has 11 heteroatoms. The molecule has 0 atom stereocenters. The maximum absolute atomic E-state index is 12.5. The van der Waals surface area contributed by atoms with Crippen molar-refractivity contribution in [1.29, 1.82) is 0 Å². The van der Waals surface area contributed by atoms with Crippen LogP contribution < -0.4 is 0 Å². The van der Waals surface area contributed by atoms with Crippen molar-refractivity contribution < 1.29 is 37.3 Å². The number of hydrogen-bond donors (Lipinski definition) is 1. The molecule has 2 aliphatic rings. The van der Waals surface area contributed by atoms with Gasteiger partial charge in [-0.15, -0.1) is 11.3 Å². The topological polar surface area (TPSA) is 79.3 Å². The van der Waals surface area contributed by atoms with Gasteiger partial charge in [0.15, 0.2) is 0 Å². The summed E-state index contributed by atoms with van der Waals surface area (Å²) in [6.07, 6.45) is -2.56. The Kier molecular flexibility index (Phi) is 9.08.